The largest absolute Gasteiger partial charge is 0.469 e. The van der Waals surface area contributed by atoms with Crippen molar-refractivity contribution >= 4 is 35.2 Å². The molecule has 1 N–H and O–H groups in total. The number of nitrogens with one attached hydrogen (secondary N) is 1. The molecule has 6 aliphatic rings. The molecule has 4 heterocycles. The number of methoxy groups -OCH3 is 2. The maximum Gasteiger partial charge on any atom is 0.306 e. The molecule has 0 radical (unpaired) electrons. The third-order valence-corrected chi connectivity index (χ3v) is 15.1. The molecule has 10 rings (SSSR count). The first kappa shape index (κ1) is 41.3. The molecule has 2 saturated carbocycles. The zero-order valence-electron chi connectivity index (χ0n) is 36.4. The molecule has 1 aromatic heterocycles. The number of carbonyl (C=O) groups excluding carboxylic acids is 4. The van der Waals surface area contributed by atoms with Gasteiger partial charge in [-0.25, -0.2) is 4.98 Å². The molecule has 2 bridgehead atoms. The van der Waals surface area contributed by atoms with E-state index in [1.807, 2.05) is 54.0 Å². The second-order valence-electron chi connectivity index (χ2n) is 19.3. The Morgan fingerprint density at radius 1 is 0.857 bits per heavy atom. The number of nitrogens with zero attached hydrogens (tertiary/aromatic N) is 4. The average molecular weight is 858 g/mol. The van der Waals surface area contributed by atoms with Crippen LogP contribution in [0, 0.1) is 29.1 Å². The van der Waals surface area contributed by atoms with Crippen molar-refractivity contribution in [1.29, 1.82) is 0 Å². The zero-order chi connectivity index (χ0) is 44.1. The van der Waals surface area contributed by atoms with Crippen LogP contribution in [0.3, 0.4) is 0 Å². The number of benzene rings is 3. The summed E-state index contributed by atoms with van der Waals surface area (Å²) in [6.45, 7) is 6.26. The maximum atomic E-state index is 16.6. The van der Waals surface area contributed by atoms with E-state index in [1.165, 1.54) is 14.2 Å². The van der Waals surface area contributed by atoms with E-state index in [9.17, 15) is 19.2 Å². The van der Waals surface area contributed by atoms with Gasteiger partial charge in [0.15, 0.2) is 0 Å². The number of fused-ring (bicyclic) bond motifs is 6. The van der Waals surface area contributed by atoms with Crippen LogP contribution in [-0.4, -0.2) is 82.1 Å². The smallest absolute Gasteiger partial charge is 0.306 e. The molecule has 3 aliphatic carbocycles. The molecule has 3 aromatic carbocycles. The highest BCUT2D eigenvalue weighted by Crippen LogP contribution is 2.59. The fourth-order valence-corrected chi connectivity index (χ4v) is 11.4. The van der Waals surface area contributed by atoms with E-state index in [-0.39, 0.29) is 65.2 Å². The summed E-state index contributed by atoms with van der Waals surface area (Å²) in [5, 5.41) is 0. The third-order valence-electron chi connectivity index (χ3n) is 15.1. The monoisotopic (exact) mass is 857 g/mol. The fourth-order valence-electron chi connectivity index (χ4n) is 11.4. The van der Waals surface area contributed by atoms with Crippen molar-refractivity contribution in [3.8, 4) is 33.5 Å². The standard InChI is InChI=1S/C50H53F2N5O6/c1-26(2)36(22-44(59)63-5)48(61)56-25-49(14-15-49)23-42(56)46-53-24-41(55-46)30-8-12-35-34-11-7-29(19-37(34)50(51,52)38(35)20-30)28-9-13-39-32(17-28)21-40(54-39)45-31-6-10-33(18-31)57(45)47(60)27(3)16-43(58)62-4/h7-9,11-13,17,19-20,24,26-27,31,33,36,42,45H,6,10,14-16,18,21-23,25H2,1-5H3,(H,53,55)/t27-,31+,33-,36-,42+,45+/m1/s1. The summed E-state index contributed by atoms with van der Waals surface area (Å²) >= 11 is 0. The Morgan fingerprint density at radius 3 is 2.22 bits per heavy atom. The Kier molecular flexibility index (Phi) is 9.98. The van der Waals surface area contributed by atoms with Crippen LogP contribution < -0.4 is 0 Å². The van der Waals surface area contributed by atoms with E-state index in [1.54, 1.807) is 37.4 Å². The summed E-state index contributed by atoms with van der Waals surface area (Å²) in [6, 6.07) is 16.0. The van der Waals surface area contributed by atoms with Crippen molar-refractivity contribution in [3.63, 3.8) is 0 Å². The zero-order valence-corrected chi connectivity index (χ0v) is 36.4. The number of halogens is 2. The first-order valence-electron chi connectivity index (χ1n) is 22.4. The Hall–Kier alpha value is -5.72. The van der Waals surface area contributed by atoms with Crippen LogP contribution in [0.4, 0.5) is 14.5 Å². The number of rotatable bonds is 11. The Morgan fingerprint density at radius 2 is 1.52 bits per heavy atom. The topological polar surface area (TPSA) is 134 Å². The molecule has 0 unspecified atom stereocenters. The molecule has 2 amide bonds. The molecule has 3 aliphatic heterocycles. The summed E-state index contributed by atoms with van der Waals surface area (Å²) in [5.41, 5.74) is 6.34. The average Bonchev–Trinajstić information content (AvgIpc) is 3.93. The number of aliphatic imine (C=N–C) groups is 1. The number of hydrogen-bond donors (Lipinski definition) is 1. The second kappa shape index (κ2) is 15.2. The quantitative estimate of drug-likeness (QED) is 0.149. The van der Waals surface area contributed by atoms with Crippen LogP contribution in [0.2, 0.25) is 0 Å². The minimum Gasteiger partial charge on any atom is -0.469 e. The SMILES string of the molecule is COC(=O)C[C@@H](C)C(=O)N1[C@@H]2CC[C@@H](C2)[C@H]1C1=Nc2ccc(-c3ccc4c(c3)C(F)(F)c3cc(-c5cnc([C@@H]6CC7(CC7)CN6C(=O)[C@H](CC(=O)OC)C(C)C)[nH]5)ccc3-4)cc2C1. The van der Waals surface area contributed by atoms with Gasteiger partial charge < -0.3 is 24.3 Å². The minimum atomic E-state index is -3.26. The van der Waals surface area contributed by atoms with Crippen molar-refractivity contribution in [2.45, 2.75) is 103 Å². The number of piperidine rings is 1. The number of amides is 2. The number of alkyl halides is 2. The molecule has 1 spiro atoms. The van der Waals surface area contributed by atoms with Gasteiger partial charge in [0.05, 0.1) is 62.6 Å². The molecule has 6 atom stereocenters. The number of likely N-dealkylation sites (tertiary alicyclic amines) is 2. The maximum absolute atomic E-state index is 16.6. The lowest BCUT2D eigenvalue weighted by molar-refractivity contribution is -0.148. The number of aromatic nitrogens is 2. The summed E-state index contributed by atoms with van der Waals surface area (Å²) in [7, 11) is 2.66. The number of H-pyrrole nitrogens is 1. The van der Waals surface area contributed by atoms with Gasteiger partial charge in [0.2, 0.25) is 11.8 Å². The highest BCUT2D eigenvalue weighted by Gasteiger charge is 2.55. The summed E-state index contributed by atoms with van der Waals surface area (Å²) in [6.07, 6.45) is 7.99. The van der Waals surface area contributed by atoms with Crippen molar-refractivity contribution in [2.75, 3.05) is 20.8 Å². The lowest BCUT2D eigenvalue weighted by Crippen LogP contribution is -2.51. The number of carbonyl (C=O) groups is 4. The predicted molar refractivity (Wildman–Crippen MR) is 232 cm³/mol. The third kappa shape index (κ3) is 6.97. The van der Waals surface area contributed by atoms with E-state index in [4.69, 9.17) is 19.5 Å². The van der Waals surface area contributed by atoms with E-state index in [2.05, 4.69) is 4.98 Å². The van der Waals surface area contributed by atoms with Gasteiger partial charge in [0, 0.05) is 47.3 Å². The molecule has 328 valence electrons. The molecule has 13 heteroatoms. The van der Waals surface area contributed by atoms with E-state index >= 15 is 8.78 Å². The highest BCUT2D eigenvalue weighted by atomic mass is 19.3. The normalized spacial score (nSPS) is 24.0. The van der Waals surface area contributed by atoms with Crippen molar-refractivity contribution in [3.05, 3.63) is 83.3 Å². The molecular weight excluding hydrogens is 805 g/mol. The van der Waals surface area contributed by atoms with Gasteiger partial charge in [-0.15, -0.1) is 0 Å². The fraction of sp³-hybridized carbons (Fsp3) is 0.480. The molecule has 11 nitrogen and oxygen atoms in total. The molecular formula is C50H53F2N5O6. The number of hydrogen-bond acceptors (Lipinski definition) is 8. The van der Waals surface area contributed by atoms with Crippen LogP contribution in [0.5, 0.6) is 0 Å². The van der Waals surface area contributed by atoms with Crippen LogP contribution in [-0.2, 0) is 41.0 Å². The number of imidazole rings is 1. The van der Waals surface area contributed by atoms with Crippen LogP contribution in [0.15, 0.2) is 65.8 Å². The summed E-state index contributed by atoms with van der Waals surface area (Å²) in [5.74, 6) is -4.35. The predicted octanol–water partition coefficient (Wildman–Crippen LogP) is 8.96. The lowest BCUT2D eigenvalue weighted by Gasteiger charge is -2.37. The van der Waals surface area contributed by atoms with Crippen LogP contribution >= 0.6 is 0 Å². The Bertz CT molecular complexity index is 2600. The van der Waals surface area contributed by atoms with Gasteiger partial charge in [-0.2, -0.15) is 8.78 Å². The van der Waals surface area contributed by atoms with Gasteiger partial charge in [-0.3, -0.25) is 24.2 Å². The minimum absolute atomic E-state index is 0.00917. The van der Waals surface area contributed by atoms with Crippen molar-refractivity contribution in [1.82, 2.24) is 19.8 Å². The van der Waals surface area contributed by atoms with Gasteiger partial charge in [0.25, 0.3) is 5.92 Å². The Labute approximate surface area is 365 Å². The first-order valence-corrected chi connectivity index (χ1v) is 22.4. The number of aromatic amines is 1. The van der Waals surface area contributed by atoms with Crippen molar-refractivity contribution in [2.24, 2.45) is 34.1 Å². The van der Waals surface area contributed by atoms with E-state index in [0.29, 0.717) is 52.7 Å². The number of ether oxygens (including phenoxy) is 2. The Balaban J connectivity index is 0.869. The molecule has 4 fully saturated rings. The van der Waals surface area contributed by atoms with Gasteiger partial charge in [-0.05, 0) is 108 Å². The van der Waals surface area contributed by atoms with Gasteiger partial charge >= 0.3 is 11.9 Å². The second-order valence-corrected chi connectivity index (χ2v) is 19.3. The van der Waals surface area contributed by atoms with Crippen molar-refractivity contribution < 1.29 is 37.4 Å². The first-order chi connectivity index (χ1) is 30.2. The van der Waals surface area contributed by atoms with Gasteiger partial charge in [0.1, 0.15) is 5.82 Å². The summed E-state index contributed by atoms with van der Waals surface area (Å²) in [4.78, 5) is 69.0. The van der Waals surface area contributed by atoms with Gasteiger partial charge in [-0.1, -0.05) is 51.1 Å². The molecule has 63 heavy (non-hydrogen) atoms. The van der Waals surface area contributed by atoms with E-state index in [0.717, 1.165) is 61.1 Å². The van der Waals surface area contributed by atoms with E-state index < -0.39 is 29.7 Å². The molecule has 4 aromatic rings. The molecule has 2 saturated heterocycles. The lowest BCUT2D eigenvalue weighted by atomic mass is 9.90. The number of esters is 2. The highest BCUT2D eigenvalue weighted by molar-refractivity contribution is 6.01. The van der Waals surface area contributed by atoms with Crippen LogP contribution in [0.25, 0.3) is 33.5 Å². The summed E-state index contributed by atoms with van der Waals surface area (Å²) < 4.78 is 43.0. The van der Waals surface area contributed by atoms with Crippen LogP contribution in [0.1, 0.15) is 101 Å².